The van der Waals surface area contributed by atoms with Gasteiger partial charge in [0.1, 0.15) is 5.75 Å². The number of aromatic nitrogens is 1. The Hall–Kier alpha value is -3.02. The summed E-state index contributed by atoms with van der Waals surface area (Å²) in [6, 6.07) is 12.7. The van der Waals surface area contributed by atoms with E-state index in [2.05, 4.69) is 4.98 Å². The summed E-state index contributed by atoms with van der Waals surface area (Å²) in [5.41, 5.74) is 2.56. The van der Waals surface area contributed by atoms with Gasteiger partial charge < -0.3 is 14.1 Å². The maximum Gasteiger partial charge on any atom is 0.417 e. The lowest BCUT2D eigenvalue weighted by molar-refractivity contribution is 0.0788. The molecule has 25 heavy (non-hydrogen) atoms. The number of rotatable bonds is 6. The average Bonchev–Trinajstić information content (AvgIpc) is 2.98. The number of carbonyl (C=O) groups is 1. The molecule has 0 unspecified atom stereocenters. The zero-order chi connectivity index (χ0) is 17.8. The molecule has 0 aliphatic rings. The Morgan fingerprint density at radius 2 is 2.04 bits per heavy atom. The van der Waals surface area contributed by atoms with Crippen LogP contribution in [0.3, 0.4) is 0 Å². The lowest BCUT2D eigenvalue weighted by Gasteiger charge is -2.17. The summed E-state index contributed by atoms with van der Waals surface area (Å²) in [6.07, 6.45) is 0.724. The molecule has 0 aliphatic heterocycles. The third kappa shape index (κ3) is 3.91. The number of aryl methyl sites for hydroxylation is 1. The van der Waals surface area contributed by atoms with Crippen LogP contribution in [0.15, 0.2) is 51.7 Å². The highest BCUT2D eigenvalue weighted by atomic mass is 16.5. The largest absolute Gasteiger partial charge is 0.493 e. The second kappa shape index (κ2) is 7.25. The summed E-state index contributed by atoms with van der Waals surface area (Å²) < 4.78 is 10.7. The van der Waals surface area contributed by atoms with Crippen LogP contribution in [0.1, 0.15) is 22.3 Å². The van der Waals surface area contributed by atoms with E-state index in [4.69, 9.17) is 9.15 Å². The molecule has 130 valence electrons. The van der Waals surface area contributed by atoms with Gasteiger partial charge in [-0.1, -0.05) is 18.2 Å². The van der Waals surface area contributed by atoms with Gasteiger partial charge in [-0.05, 0) is 43.2 Å². The molecule has 2 aromatic carbocycles. The van der Waals surface area contributed by atoms with Crippen molar-refractivity contribution in [1.82, 2.24) is 9.88 Å². The summed E-state index contributed by atoms with van der Waals surface area (Å²) in [5, 5.41) is 0. The van der Waals surface area contributed by atoms with Crippen molar-refractivity contribution in [1.29, 1.82) is 0 Å². The Balaban J connectivity index is 1.55. The van der Waals surface area contributed by atoms with Crippen LogP contribution in [-0.4, -0.2) is 36.0 Å². The molecule has 1 aromatic heterocycles. The summed E-state index contributed by atoms with van der Waals surface area (Å²) >= 11 is 0. The molecular weight excluding hydrogens is 320 g/mol. The van der Waals surface area contributed by atoms with Crippen LogP contribution in [0.5, 0.6) is 5.75 Å². The minimum absolute atomic E-state index is 0.111. The first-order valence-electron chi connectivity index (χ1n) is 8.11. The zero-order valence-corrected chi connectivity index (χ0v) is 14.2. The third-order valence-corrected chi connectivity index (χ3v) is 4.00. The van der Waals surface area contributed by atoms with Crippen molar-refractivity contribution in [2.45, 2.75) is 13.3 Å². The lowest BCUT2D eigenvalue weighted by Crippen LogP contribution is -2.28. The molecule has 1 N–H and O–H groups in total. The topological polar surface area (TPSA) is 75.5 Å². The smallest absolute Gasteiger partial charge is 0.417 e. The number of hydrogen-bond acceptors (Lipinski definition) is 4. The predicted octanol–water partition coefficient (Wildman–Crippen LogP) is 2.97. The van der Waals surface area contributed by atoms with Gasteiger partial charge >= 0.3 is 5.76 Å². The highest BCUT2D eigenvalue weighted by Crippen LogP contribution is 2.16. The van der Waals surface area contributed by atoms with Gasteiger partial charge in [0.25, 0.3) is 5.91 Å². The molecule has 0 aliphatic carbocycles. The first kappa shape index (κ1) is 16.8. The number of nitrogens with one attached hydrogen (secondary N) is 1. The zero-order valence-electron chi connectivity index (χ0n) is 14.2. The van der Waals surface area contributed by atoms with E-state index in [-0.39, 0.29) is 5.91 Å². The van der Waals surface area contributed by atoms with Crippen LogP contribution in [-0.2, 0) is 0 Å². The molecule has 0 saturated heterocycles. The van der Waals surface area contributed by atoms with E-state index in [0.29, 0.717) is 29.8 Å². The minimum Gasteiger partial charge on any atom is -0.493 e. The molecule has 6 nitrogen and oxygen atoms in total. The second-order valence-electron chi connectivity index (χ2n) is 5.92. The molecule has 0 fully saturated rings. The Bertz CT molecular complexity index is 942. The highest BCUT2D eigenvalue weighted by Gasteiger charge is 2.13. The number of para-hydroxylation sites is 1. The van der Waals surface area contributed by atoms with Crippen molar-refractivity contribution in [2.24, 2.45) is 0 Å². The third-order valence-electron chi connectivity index (χ3n) is 4.00. The Morgan fingerprint density at radius 3 is 2.84 bits per heavy atom. The number of H-pyrrole nitrogens is 1. The minimum atomic E-state index is -0.527. The van der Waals surface area contributed by atoms with E-state index < -0.39 is 5.76 Å². The van der Waals surface area contributed by atoms with Gasteiger partial charge in [0.05, 0.1) is 12.1 Å². The van der Waals surface area contributed by atoms with Gasteiger partial charge in [-0.3, -0.25) is 9.78 Å². The summed E-state index contributed by atoms with van der Waals surface area (Å²) in [4.78, 5) is 27.9. The molecule has 0 bridgehead atoms. The van der Waals surface area contributed by atoms with Gasteiger partial charge in [0, 0.05) is 19.2 Å². The Morgan fingerprint density at radius 1 is 1.24 bits per heavy atom. The monoisotopic (exact) mass is 340 g/mol. The number of ether oxygens (including phenoxy) is 1. The van der Waals surface area contributed by atoms with Crippen LogP contribution >= 0.6 is 0 Å². The van der Waals surface area contributed by atoms with E-state index >= 15 is 0 Å². The molecule has 6 heteroatoms. The number of amides is 1. The molecule has 0 atom stereocenters. The van der Waals surface area contributed by atoms with E-state index in [1.165, 1.54) is 0 Å². The van der Waals surface area contributed by atoms with Crippen LogP contribution in [0.25, 0.3) is 11.1 Å². The second-order valence-corrected chi connectivity index (χ2v) is 5.92. The Kier molecular flexibility index (Phi) is 4.88. The van der Waals surface area contributed by atoms with Gasteiger partial charge in [0.2, 0.25) is 0 Å². The SMILES string of the molecule is Cc1ccccc1OCCCN(C)C(=O)c1ccc2oc(=O)[nH]c2c1. The number of benzene rings is 2. The fourth-order valence-corrected chi connectivity index (χ4v) is 2.61. The van der Waals surface area contributed by atoms with Crippen molar-refractivity contribution < 1.29 is 13.9 Å². The van der Waals surface area contributed by atoms with Crippen LogP contribution in [0.2, 0.25) is 0 Å². The summed E-state index contributed by atoms with van der Waals surface area (Å²) in [6.45, 7) is 3.11. The molecule has 3 aromatic rings. The van der Waals surface area contributed by atoms with Crippen molar-refractivity contribution in [3.63, 3.8) is 0 Å². The van der Waals surface area contributed by atoms with Crippen LogP contribution < -0.4 is 10.5 Å². The average molecular weight is 340 g/mol. The molecule has 0 saturated carbocycles. The molecule has 3 rings (SSSR count). The Labute approximate surface area is 145 Å². The number of nitrogens with zero attached hydrogens (tertiary/aromatic N) is 1. The lowest BCUT2D eigenvalue weighted by atomic mass is 10.2. The normalized spacial score (nSPS) is 10.8. The molecule has 0 spiro atoms. The molecule has 1 heterocycles. The quantitative estimate of drug-likeness (QED) is 0.700. The van der Waals surface area contributed by atoms with Gasteiger partial charge in [0.15, 0.2) is 5.58 Å². The van der Waals surface area contributed by atoms with Crippen molar-refractivity contribution in [3.8, 4) is 5.75 Å². The van der Waals surface area contributed by atoms with E-state index in [1.807, 2.05) is 31.2 Å². The first-order valence-corrected chi connectivity index (χ1v) is 8.11. The predicted molar refractivity (Wildman–Crippen MR) is 95.1 cm³/mol. The number of carbonyl (C=O) groups excluding carboxylic acids is 1. The fourth-order valence-electron chi connectivity index (χ4n) is 2.61. The van der Waals surface area contributed by atoms with E-state index in [9.17, 15) is 9.59 Å². The van der Waals surface area contributed by atoms with Gasteiger partial charge in [-0.25, -0.2) is 4.79 Å². The molecule has 0 radical (unpaired) electrons. The van der Waals surface area contributed by atoms with E-state index in [1.54, 1.807) is 30.1 Å². The van der Waals surface area contributed by atoms with E-state index in [0.717, 1.165) is 17.7 Å². The fraction of sp³-hybridized carbons (Fsp3) is 0.263. The van der Waals surface area contributed by atoms with Crippen molar-refractivity contribution in [2.75, 3.05) is 20.2 Å². The van der Waals surface area contributed by atoms with Gasteiger partial charge in [-0.15, -0.1) is 0 Å². The number of oxazole rings is 1. The first-order chi connectivity index (χ1) is 12.0. The maximum absolute atomic E-state index is 12.5. The molecule has 1 amide bonds. The number of hydrogen-bond donors (Lipinski definition) is 1. The summed E-state index contributed by atoms with van der Waals surface area (Å²) in [5.74, 6) is 0.229. The van der Waals surface area contributed by atoms with Crippen molar-refractivity contribution in [3.05, 3.63) is 64.1 Å². The van der Waals surface area contributed by atoms with Gasteiger partial charge in [-0.2, -0.15) is 0 Å². The maximum atomic E-state index is 12.5. The number of aromatic amines is 1. The standard InChI is InChI=1S/C19H20N2O4/c1-13-6-3-4-7-16(13)24-11-5-10-21(2)18(22)14-8-9-17-15(12-14)20-19(23)25-17/h3-4,6-9,12H,5,10-11H2,1-2H3,(H,20,23). The highest BCUT2D eigenvalue weighted by molar-refractivity contribution is 5.96. The van der Waals surface area contributed by atoms with Crippen LogP contribution in [0.4, 0.5) is 0 Å². The molecular formula is C19H20N2O4. The van der Waals surface area contributed by atoms with Crippen molar-refractivity contribution >= 4 is 17.0 Å². The number of fused-ring (bicyclic) bond motifs is 1. The van der Waals surface area contributed by atoms with Crippen LogP contribution in [0, 0.1) is 6.92 Å². The summed E-state index contributed by atoms with van der Waals surface area (Å²) in [7, 11) is 1.75.